The van der Waals surface area contributed by atoms with Gasteiger partial charge in [-0.25, -0.2) is 9.78 Å². The van der Waals surface area contributed by atoms with Crippen LogP contribution >= 0.6 is 11.6 Å². The summed E-state index contributed by atoms with van der Waals surface area (Å²) < 4.78 is 12.7. The Morgan fingerprint density at radius 2 is 1.88 bits per heavy atom. The van der Waals surface area contributed by atoms with E-state index in [1.807, 2.05) is 19.1 Å². The second-order valence-corrected chi connectivity index (χ2v) is 7.42. The molecule has 8 nitrogen and oxygen atoms in total. The van der Waals surface area contributed by atoms with Gasteiger partial charge in [0.05, 0.1) is 23.0 Å². The number of halogens is 1. The number of benzene rings is 2. The monoisotopic (exact) mass is 464 g/mol. The van der Waals surface area contributed by atoms with Crippen LogP contribution in [0.1, 0.15) is 12.6 Å². The van der Waals surface area contributed by atoms with Crippen molar-refractivity contribution in [1.82, 2.24) is 9.38 Å². The third-order valence-corrected chi connectivity index (χ3v) is 4.81. The van der Waals surface area contributed by atoms with Gasteiger partial charge >= 0.3 is 6.03 Å². The van der Waals surface area contributed by atoms with Crippen molar-refractivity contribution in [3.05, 3.63) is 94.0 Å². The van der Waals surface area contributed by atoms with Crippen LogP contribution < -0.4 is 25.7 Å². The van der Waals surface area contributed by atoms with E-state index in [2.05, 4.69) is 15.6 Å². The Kier molecular flexibility index (Phi) is 6.75. The molecule has 2 amide bonds. The van der Waals surface area contributed by atoms with E-state index in [1.54, 1.807) is 48.5 Å². The van der Waals surface area contributed by atoms with E-state index in [9.17, 15) is 9.59 Å². The number of ether oxygens (including phenoxy) is 2. The summed E-state index contributed by atoms with van der Waals surface area (Å²) in [6.07, 6.45) is 1.52. The van der Waals surface area contributed by atoms with E-state index in [4.69, 9.17) is 21.1 Å². The maximum atomic E-state index is 12.4. The molecule has 2 aromatic heterocycles. The van der Waals surface area contributed by atoms with Gasteiger partial charge in [-0.3, -0.25) is 9.20 Å². The lowest BCUT2D eigenvalue weighted by molar-refractivity contribution is 0.262. The van der Waals surface area contributed by atoms with Gasteiger partial charge in [0.25, 0.3) is 5.56 Å². The number of aromatic nitrogens is 2. The number of pyridine rings is 1. The molecule has 0 aliphatic heterocycles. The van der Waals surface area contributed by atoms with Crippen LogP contribution in [0.25, 0.3) is 5.65 Å². The summed E-state index contributed by atoms with van der Waals surface area (Å²) in [6.45, 7) is 2.46. The summed E-state index contributed by atoms with van der Waals surface area (Å²) in [5.74, 6) is 1.11. The third-order valence-electron chi connectivity index (χ3n) is 4.59. The molecule has 0 aliphatic carbocycles. The minimum absolute atomic E-state index is 0.0890. The number of hydrogen-bond acceptors (Lipinski definition) is 5. The average Bonchev–Trinajstić information content (AvgIpc) is 2.80. The van der Waals surface area contributed by atoms with Crippen LogP contribution in [-0.4, -0.2) is 22.0 Å². The molecule has 2 N–H and O–H groups in total. The summed E-state index contributed by atoms with van der Waals surface area (Å²) in [5, 5.41) is 6.00. The van der Waals surface area contributed by atoms with E-state index >= 15 is 0 Å². The Balaban J connectivity index is 1.41. The van der Waals surface area contributed by atoms with E-state index < -0.39 is 6.03 Å². The number of carbonyl (C=O) groups excluding carboxylic acids is 1. The Bertz CT molecular complexity index is 1360. The Labute approximate surface area is 194 Å². The number of hydrogen-bond donors (Lipinski definition) is 2. The van der Waals surface area contributed by atoms with Crippen LogP contribution in [0.3, 0.4) is 0 Å². The average molecular weight is 465 g/mol. The van der Waals surface area contributed by atoms with Crippen LogP contribution in [0, 0.1) is 0 Å². The van der Waals surface area contributed by atoms with Gasteiger partial charge < -0.3 is 20.1 Å². The zero-order valence-corrected chi connectivity index (χ0v) is 18.5. The highest BCUT2D eigenvalue weighted by atomic mass is 35.5. The molecule has 2 heterocycles. The summed E-state index contributed by atoms with van der Waals surface area (Å²) in [4.78, 5) is 29.2. The molecule has 0 unspecified atom stereocenters. The third kappa shape index (κ3) is 5.61. The van der Waals surface area contributed by atoms with Gasteiger partial charge in [-0.2, -0.15) is 0 Å². The SMILES string of the molecule is CCOc1ccccc1NC(=O)Nc1cccc(OCc2cc(=O)n3cc(Cl)ccc3n2)c1. The quantitative estimate of drug-likeness (QED) is 0.402. The molecule has 168 valence electrons. The molecule has 9 heteroatoms. The number of nitrogens with one attached hydrogen (secondary N) is 2. The maximum absolute atomic E-state index is 12.4. The number of rotatable bonds is 7. The number of amides is 2. The highest BCUT2D eigenvalue weighted by Crippen LogP contribution is 2.24. The molecular formula is C24H21ClN4O4. The first-order valence-corrected chi connectivity index (χ1v) is 10.6. The number of fused-ring (bicyclic) bond motifs is 1. The Morgan fingerprint density at radius 3 is 2.73 bits per heavy atom. The molecule has 33 heavy (non-hydrogen) atoms. The van der Waals surface area contributed by atoms with Crippen molar-refractivity contribution in [2.45, 2.75) is 13.5 Å². The van der Waals surface area contributed by atoms with Crippen molar-refractivity contribution in [3.8, 4) is 11.5 Å². The van der Waals surface area contributed by atoms with Gasteiger partial charge in [0.1, 0.15) is 23.8 Å². The lowest BCUT2D eigenvalue weighted by Gasteiger charge is -2.13. The van der Waals surface area contributed by atoms with Gasteiger partial charge in [-0.15, -0.1) is 0 Å². The standard InChI is InChI=1S/C24H21ClN4O4/c1-2-32-21-9-4-3-8-20(21)28-24(31)27-17-6-5-7-19(12-17)33-15-18-13-23(30)29-14-16(25)10-11-22(29)26-18/h3-14H,2,15H2,1H3,(H2,27,28,31). The van der Waals surface area contributed by atoms with Crippen molar-refractivity contribution >= 4 is 34.7 Å². The summed E-state index contributed by atoms with van der Waals surface area (Å²) in [5.41, 5.74) is 1.82. The summed E-state index contributed by atoms with van der Waals surface area (Å²) in [6, 6.07) is 18.4. The van der Waals surface area contributed by atoms with Crippen molar-refractivity contribution < 1.29 is 14.3 Å². The molecular weight excluding hydrogens is 444 g/mol. The van der Waals surface area contributed by atoms with Gasteiger partial charge in [0.2, 0.25) is 0 Å². The first-order valence-electron chi connectivity index (χ1n) is 10.2. The van der Waals surface area contributed by atoms with Crippen molar-refractivity contribution in [2.75, 3.05) is 17.2 Å². The zero-order chi connectivity index (χ0) is 23.2. The molecule has 0 fully saturated rings. The van der Waals surface area contributed by atoms with Crippen molar-refractivity contribution in [3.63, 3.8) is 0 Å². The van der Waals surface area contributed by atoms with Gasteiger partial charge in [-0.05, 0) is 43.3 Å². The second-order valence-electron chi connectivity index (χ2n) is 6.99. The normalized spacial score (nSPS) is 10.6. The van der Waals surface area contributed by atoms with Gasteiger partial charge in [-0.1, -0.05) is 29.8 Å². The molecule has 0 radical (unpaired) electrons. The van der Waals surface area contributed by atoms with E-state index in [0.717, 1.165) is 0 Å². The number of carbonyl (C=O) groups is 1. The zero-order valence-electron chi connectivity index (χ0n) is 17.7. The largest absolute Gasteiger partial charge is 0.492 e. The minimum atomic E-state index is -0.415. The van der Waals surface area contributed by atoms with Crippen LogP contribution in [0.15, 0.2) is 77.7 Å². The fraction of sp³-hybridized carbons (Fsp3) is 0.125. The fourth-order valence-corrected chi connectivity index (χ4v) is 3.32. The lowest BCUT2D eigenvalue weighted by atomic mass is 10.3. The molecule has 0 saturated heterocycles. The topological polar surface area (TPSA) is 94.0 Å². The lowest BCUT2D eigenvalue weighted by Crippen LogP contribution is -2.20. The van der Waals surface area contributed by atoms with Gasteiger partial charge in [0, 0.05) is 24.0 Å². The molecule has 0 spiro atoms. The summed E-state index contributed by atoms with van der Waals surface area (Å²) in [7, 11) is 0. The summed E-state index contributed by atoms with van der Waals surface area (Å²) >= 11 is 5.94. The van der Waals surface area contributed by atoms with Gasteiger partial charge in [0.15, 0.2) is 0 Å². The smallest absolute Gasteiger partial charge is 0.323 e. The first kappa shape index (κ1) is 22.2. The Hall–Kier alpha value is -4.04. The van der Waals surface area contributed by atoms with Crippen molar-refractivity contribution in [1.29, 1.82) is 0 Å². The molecule has 2 aromatic carbocycles. The number of urea groups is 1. The highest BCUT2D eigenvalue weighted by Gasteiger charge is 2.09. The van der Waals surface area contributed by atoms with E-state index in [1.165, 1.54) is 16.7 Å². The molecule has 0 aliphatic rings. The predicted octanol–water partition coefficient (Wildman–Crippen LogP) is 4.97. The minimum Gasteiger partial charge on any atom is -0.492 e. The number of para-hydroxylation sites is 2. The van der Waals surface area contributed by atoms with Crippen LogP contribution in [0.2, 0.25) is 5.02 Å². The fourth-order valence-electron chi connectivity index (χ4n) is 3.16. The van der Waals surface area contributed by atoms with Crippen molar-refractivity contribution in [2.24, 2.45) is 0 Å². The van der Waals surface area contributed by atoms with Crippen LogP contribution in [0.5, 0.6) is 11.5 Å². The van der Waals surface area contributed by atoms with E-state index in [0.29, 0.717) is 45.8 Å². The molecule has 0 bridgehead atoms. The van der Waals surface area contributed by atoms with Crippen LogP contribution in [-0.2, 0) is 6.61 Å². The van der Waals surface area contributed by atoms with Crippen LogP contribution in [0.4, 0.5) is 16.2 Å². The second kappa shape index (κ2) is 10.1. The molecule has 4 aromatic rings. The molecule has 0 saturated carbocycles. The maximum Gasteiger partial charge on any atom is 0.323 e. The molecule has 0 atom stereocenters. The predicted molar refractivity (Wildman–Crippen MR) is 127 cm³/mol. The Morgan fingerprint density at radius 1 is 1.03 bits per heavy atom. The highest BCUT2D eigenvalue weighted by molar-refractivity contribution is 6.30. The first-order chi connectivity index (χ1) is 16.0. The number of anilines is 2. The molecule has 4 rings (SSSR count). The van der Waals surface area contributed by atoms with E-state index in [-0.39, 0.29) is 12.2 Å². The number of nitrogens with zero attached hydrogens (tertiary/aromatic N) is 2.